The molecule has 6 nitrogen and oxygen atoms in total. The second kappa shape index (κ2) is 9.32. The van der Waals surface area contributed by atoms with Crippen molar-refractivity contribution >= 4 is 17.7 Å². The van der Waals surface area contributed by atoms with Gasteiger partial charge in [0.15, 0.2) is 11.0 Å². The zero-order valence-electron chi connectivity index (χ0n) is 14.4. The lowest BCUT2D eigenvalue weighted by atomic mass is 10.1. The Morgan fingerprint density at radius 1 is 1.29 bits per heavy atom. The standard InChI is InChI=1S/C17H24N4O2S/c1-13(2)9-10-21-15(11-23-14-7-5-4-6-8-14)19-20-17(21)24-12-16(22)18-3/h4-8,13H,9-12H2,1-3H3,(H,18,22). The van der Waals surface area contributed by atoms with Gasteiger partial charge in [0.05, 0.1) is 5.75 Å². The predicted octanol–water partition coefficient (Wildman–Crippen LogP) is 2.74. The van der Waals surface area contributed by atoms with Gasteiger partial charge in [0.2, 0.25) is 5.91 Å². The maximum absolute atomic E-state index is 11.5. The number of benzene rings is 1. The van der Waals surface area contributed by atoms with Gasteiger partial charge in [-0.2, -0.15) is 0 Å². The first-order valence-corrected chi connectivity index (χ1v) is 9.02. The van der Waals surface area contributed by atoms with Crippen LogP contribution in [0.1, 0.15) is 26.1 Å². The summed E-state index contributed by atoms with van der Waals surface area (Å²) in [5.74, 6) is 2.46. The number of amides is 1. The fourth-order valence-corrected chi connectivity index (χ4v) is 2.87. The molecule has 1 aromatic heterocycles. The molecule has 1 N–H and O–H groups in total. The third-order valence-corrected chi connectivity index (χ3v) is 4.41. The lowest BCUT2D eigenvalue weighted by Crippen LogP contribution is -2.20. The number of para-hydroxylation sites is 1. The van der Waals surface area contributed by atoms with Gasteiger partial charge in [0.25, 0.3) is 0 Å². The van der Waals surface area contributed by atoms with E-state index in [4.69, 9.17) is 4.74 Å². The molecule has 2 rings (SSSR count). The highest BCUT2D eigenvalue weighted by Crippen LogP contribution is 2.20. The van der Waals surface area contributed by atoms with Crippen LogP contribution in [0.2, 0.25) is 0 Å². The molecule has 1 heterocycles. The first-order chi connectivity index (χ1) is 11.6. The number of hydrogen-bond acceptors (Lipinski definition) is 5. The minimum atomic E-state index is -0.0273. The molecule has 0 radical (unpaired) electrons. The Balaban J connectivity index is 2.07. The van der Waals surface area contributed by atoms with Crippen molar-refractivity contribution in [2.24, 2.45) is 5.92 Å². The number of nitrogens with one attached hydrogen (secondary N) is 1. The van der Waals surface area contributed by atoms with Gasteiger partial charge in [-0.05, 0) is 24.5 Å². The Kier molecular flexibility index (Phi) is 7.11. The molecule has 1 amide bonds. The first kappa shape index (κ1) is 18.3. The molecule has 0 atom stereocenters. The number of nitrogens with zero attached hydrogens (tertiary/aromatic N) is 3. The molecule has 0 aliphatic heterocycles. The summed E-state index contributed by atoms with van der Waals surface area (Å²) in [5, 5.41) is 11.8. The van der Waals surface area contributed by atoms with Gasteiger partial charge in [0.1, 0.15) is 12.4 Å². The van der Waals surface area contributed by atoms with Crippen LogP contribution < -0.4 is 10.1 Å². The fraction of sp³-hybridized carbons (Fsp3) is 0.471. The van der Waals surface area contributed by atoms with Gasteiger partial charge >= 0.3 is 0 Å². The third kappa shape index (κ3) is 5.56. The van der Waals surface area contributed by atoms with Gasteiger partial charge in [0, 0.05) is 13.6 Å². The van der Waals surface area contributed by atoms with Crippen LogP contribution in [-0.4, -0.2) is 33.5 Å². The van der Waals surface area contributed by atoms with E-state index in [1.165, 1.54) is 11.8 Å². The Morgan fingerprint density at radius 3 is 2.71 bits per heavy atom. The summed E-state index contributed by atoms with van der Waals surface area (Å²) in [5.41, 5.74) is 0. The van der Waals surface area contributed by atoms with E-state index in [2.05, 4.69) is 33.9 Å². The molecule has 0 unspecified atom stereocenters. The van der Waals surface area contributed by atoms with Gasteiger partial charge in [-0.15, -0.1) is 10.2 Å². The molecule has 2 aromatic rings. The number of carbonyl (C=O) groups excluding carboxylic acids is 1. The number of ether oxygens (including phenoxy) is 1. The number of rotatable bonds is 9. The Bertz CT molecular complexity index is 643. The van der Waals surface area contributed by atoms with Crippen LogP contribution in [0.25, 0.3) is 0 Å². The summed E-state index contributed by atoms with van der Waals surface area (Å²) in [6.07, 6.45) is 1.02. The predicted molar refractivity (Wildman–Crippen MR) is 95.0 cm³/mol. The lowest BCUT2D eigenvalue weighted by molar-refractivity contribution is -0.118. The number of carbonyl (C=O) groups is 1. The van der Waals surface area contributed by atoms with Crippen molar-refractivity contribution in [2.45, 2.75) is 38.6 Å². The molecule has 0 bridgehead atoms. The molecule has 1 aromatic carbocycles. The van der Waals surface area contributed by atoms with Crippen molar-refractivity contribution < 1.29 is 9.53 Å². The Morgan fingerprint density at radius 2 is 2.04 bits per heavy atom. The summed E-state index contributed by atoms with van der Waals surface area (Å²) in [6, 6.07) is 9.64. The van der Waals surface area contributed by atoms with E-state index >= 15 is 0 Å². The number of thioether (sulfide) groups is 1. The molecule has 0 saturated carbocycles. The average Bonchev–Trinajstić information content (AvgIpc) is 2.98. The van der Waals surface area contributed by atoms with Crippen LogP contribution in [0.15, 0.2) is 35.5 Å². The van der Waals surface area contributed by atoms with Gasteiger partial charge in [-0.25, -0.2) is 0 Å². The zero-order valence-corrected chi connectivity index (χ0v) is 15.2. The molecular weight excluding hydrogens is 324 g/mol. The maximum Gasteiger partial charge on any atom is 0.230 e. The van der Waals surface area contributed by atoms with E-state index in [1.54, 1.807) is 7.05 Å². The topological polar surface area (TPSA) is 69.0 Å². The van der Waals surface area contributed by atoms with Crippen LogP contribution >= 0.6 is 11.8 Å². The zero-order chi connectivity index (χ0) is 17.4. The van der Waals surface area contributed by atoms with E-state index in [0.29, 0.717) is 18.3 Å². The first-order valence-electron chi connectivity index (χ1n) is 8.03. The second-order valence-electron chi connectivity index (χ2n) is 5.80. The van der Waals surface area contributed by atoms with Gasteiger partial charge in [-0.1, -0.05) is 43.8 Å². The van der Waals surface area contributed by atoms with Gasteiger partial charge in [-0.3, -0.25) is 4.79 Å². The van der Waals surface area contributed by atoms with E-state index in [9.17, 15) is 4.79 Å². The minimum absolute atomic E-state index is 0.0273. The second-order valence-corrected chi connectivity index (χ2v) is 6.74. The molecule has 0 spiro atoms. The fourth-order valence-electron chi connectivity index (χ4n) is 2.01. The van der Waals surface area contributed by atoms with Crippen molar-refractivity contribution in [1.82, 2.24) is 20.1 Å². The summed E-state index contributed by atoms with van der Waals surface area (Å²) in [6.45, 7) is 5.54. The van der Waals surface area contributed by atoms with Crippen LogP contribution in [-0.2, 0) is 17.9 Å². The smallest absolute Gasteiger partial charge is 0.230 e. The number of aromatic nitrogens is 3. The van der Waals surface area contributed by atoms with Crippen LogP contribution in [0, 0.1) is 5.92 Å². The van der Waals surface area contributed by atoms with E-state index in [-0.39, 0.29) is 5.91 Å². The molecule has 130 valence electrons. The largest absolute Gasteiger partial charge is 0.486 e. The van der Waals surface area contributed by atoms with Crippen molar-refractivity contribution in [3.63, 3.8) is 0 Å². The molecule has 0 aliphatic rings. The molecule has 7 heteroatoms. The Hall–Kier alpha value is -2.02. The van der Waals surface area contributed by atoms with E-state index < -0.39 is 0 Å². The lowest BCUT2D eigenvalue weighted by Gasteiger charge is -2.12. The van der Waals surface area contributed by atoms with Crippen molar-refractivity contribution in [3.05, 3.63) is 36.2 Å². The molecular formula is C17H24N4O2S. The van der Waals surface area contributed by atoms with E-state index in [0.717, 1.165) is 29.7 Å². The normalized spacial score (nSPS) is 10.8. The van der Waals surface area contributed by atoms with Crippen LogP contribution in [0.4, 0.5) is 0 Å². The highest BCUT2D eigenvalue weighted by molar-refractivity contribution is 7.99. The molecule has 0 saturated heterocycles. The summed E-state index contributed by atoms with van der Waals surface area (Å²) >= 11 is 1.40. The van der Waals surface area contributed by atoms with Crippen molar-refractivity contribution in [3.8, 4) is 5.75 Å². The summed E-state index contributed by atoms with van der Waals surface area (Å²) < 4.78 is 7.84. The average molecular weight is 348 g/mol. The highest BCUT2D eigenvalue weighted by Gasteiger charge is 2.15. The Labute approximate surface area is 147 Å². The van der Waals surface area contributed by atoms with Gasteiger partial charge < -0.3 is 14.6 Å². The van der Waals surface area contributed by atoms with E-state index in [1.807, 2.05) is 30.3 Å². The van der Waals surface area contributed by atoms with Crippen LogP contribution in [0.5, 0.6) is 5.75 Å². The number of hydrogen-bond donors (Lipinski definition) is 1. The minimum Gasteiger partial charge on any atom is -0.486 e. The SMILES string of the molecule is CNC(=O)CSc1nnc(COc2ccccc2)n1CCC(C)C. The maximum atomic E-state index is 11.5. The molecule has 0 fully saturated rings. The molecule has 24 heavy (non-hydrogen) atoms. The quantitative estimate of drug-likeness (QED) is 0.706. The van der Waals surface area contributed by atoms with Crippen LogP contribution in [0.3, 0.4) is 0 Å². The van der Waals surface area contributed by atoms with Crippen molar-refractivity contribution in [1.29, 1.82) is 0 Å². The van der Waals surface area contributed by atoms with Crippen molar-refractivity contribution in [2.75, 3.05) is 12.8 Å². The summed E-state index contributed by atoms with van der Waals surface area (Å²) in [4.78, 5) is 11.5. The summed E-state index contributed by atoms with van der Waals surface area (Å²) in [7, 11) is 1.63. The monoisotopic (exact) mass is 348 g/mol. The third-order valence-electron chi connectivity index (χ3n) is 3.45. The highest BCUT2D eigenvalue weighted by atomic mass is 32.2. The molecule has 0 aliphatic carbocycles.